The van der Waals surface area contributed by atoms with E-state index >= 15 is 0 Å². The Bertz CT molecular complexity index is 848. The van der Waals surface area contributed by atoms with E-state index in [0.29, 0.717) is 17.7 Å². The van der Waals surface area contributed by atoms with Crippen LogP contribution in [0.25, 0.3) is 5.65 Å². The molecule has 1 fully saturated rings. The lowest BCUT2D eigenvalue weighted by Crippen LogP contribution is -2.27. The molecule has 0 unspecified atom stereocenters. The highest BCUT2D eigenvalue weighted by molar-refractivity contribution is 6.36. The molecule has 8 heteroatoms. The first-order valence-corrected chi connectivity index (χ1v) is 7.98. The molecule has 1 aliphatic rings. The van der Waals surface area contributed by atoms with Gasteiger partial charge >= 0.3 is 0 Å². The van der Waals surface area contributed by atoms with Crippen LogP contribution in [-0.2, 0) is 6.54 Å². The summed E-state index contributed by atoms with van der Waals surface area (Å²) in [7, 11) is 6.02. The van der Waals surface area contributed by atoms with E-state index in [-0.39, 0.29) is 6.04 Å². The van der Waals surface area contributed by atoms with Gasteiger partial charge in [-0.1, -0.05) is 6.07 Å². The average molecular weight is 319 g/mol. The first-order chi connectivity index (χ1) is 11.7. The number of aromatic nitrogens is 4. The zero-order chi connectivity index (χ0) is 16.5. The molecule has 4 heterocycles. The van der Waals surface area contributed by atoms with Gasteiger partial charge in [-0.3, -0.25) is 4.98 Å². The van der Waals surface area contributed by atoms with Crippen LogP contribution in [0.2, 0.25) is 0 Å². The van der Waals surface area contributed by atoms with Gasteiger partial charge in [-0.15, -0.1) is 0 Å². The smallest absolute Gasteiger partial charge is 0.152 e. The molecule has 3 aromatic rings. The number of pyridine rings is 1. The zero-order valence-corrected chi connectivity index (χ0v) is 13.3. The SMILES string of the molecule is [B]c1cnn2c(NCc3cccnc3)cc(N3CC[C@H](N)C3)nc12. The van der Waals surface area contributed by atoms with Gasteiger partial charge in [-0.05, 0) is 23.5 Å². The van der Waals surface area contributed by atoms with Crippen molar-refractivity contribution in [1.29, 1.82) is 0 Å². The molecule has 0 spiro atoms. The van der Waals surface area contributed by atoms with E-state index in [0.717, 1.165) is 36.7 Å². The molecule has 0 aromatic carbocycles. The summed E-state index contributed by atoms with van der Waals surface area (Å²) in [6, 6.07) is 6.13. The van der Waals surface area contributed by atoms with E-state index in [4.69, 9.17) is 13.6 Å². The Morgan fingerprint density at radius 2 is 2.29 bits per heavy atom. The van der Waals surface area contributed by atoms with Gasteiger partial charge < -0.3 is 16.0 Å². The molecule has 24 heavy (non-hydrogen) atoms. The Hall–Kier alpha value is -2.61. The molecule has 3 N–H and O–H groups in total. The standard InChI is InChI=1S/C16H18BN7/c17-13-9-21-24-14(20-8-11-2-1-4-19-7-11)6-15(22-16(13)24)23-5-3-12(18)10-23/h1-2,4,6-7,9,12,20H,3,5,8,10,18H2/t12-/m0/s1. The first kappa shape index (κ1) is 15.0. The molecular weight excluding hydrogens is 301 g/mol. The van der Waals surface area contributed by atoms with Crippen molar-refractivity contribution in [1.82, 2.24) is 19.6 Å². The monoisotopic (exact) mass is 319 g/mol. The van der Waals surface area contributed by atoms with Crippen molar-refractivity contribution >= 4 is 30.6 Å². The Labute approximate surface area is 141 Å². The van der Waals surface area contributed by atoms with Crippen molar-refractivity contribution in [2.24, 2.45) is 5.73 Å². The second kappa shape index (κ2) is 6.12. The predicted octanol–water partition coefficient (Wildman–Crippen LogP) is 0.0676. The molecule has 1 saturated heterocycles. The van der Waals surface area contributed by atoms with Crippen LogP contribution < -0.4 is 21.4 Å². The number of anilines is 2. The third kappa shape index (κ3) is 2.80. The van der Waals surface area contributed by atoms with Crippen molar-refractivity contribution < 1.29 is 0 Å². The summed E-state index contributed by atoms with van der Waals surface area (Å²) < 4.78 is 1.73. The maximum Gasteiger partial charge on any atom is 0.152 e. The van der Waals surface area contributed by atoms with Gasteiger partial charge in [-0.2, -0.15) is 9.61 Å². The van der Waals surface area contributed by atoms with E-state index in [1.807, 2.05) is 24.4 Å². The highest BCUT2D eigenvalue weighted by Crippen LogP contribution is 2.22. The number of rotatable bonds is 4. The van der Waals surface area contributed by atoms with E-state index in [1.54, 1.807) is 16.9 Å². The number of nitrogens with two attached hydrogens (primary N) is 1. The summed E-state index contributed by atoms with van der Waals surface area (Å²) in [5.74, 6) is 1.72. The van der Waals surface area contributed by atoms with Crippen molar-refractivity contribution in [2.75, 3.05) is 23.3 Å². The summed E-state index contributed by atoms with van der Waals surface area (Å²) in [6.07, 6.45) is 6.19. The summed E-state index contributed by atoms with van der Waals surface area (Å²) in [4.78, 5) is 11.0. The van der Waals surface area contributed by atoms with Gasteiger partial charge in [0, 0.05) is 50.3 Å². The van der Waals surface area contributed by atoms with Gasteiger partial charge in [0.05, 0.1) is 0 Å². The summed E-state index contributed by atoms with van der Waals surface area (Å²) >= 11 is 0. The summed E-state index contributed by atoms with van der Waals surface area (Å²) in [6.45, 7) is 2.35. The molecule has 4 rings (SSSR count). The molecule has 0 aliphatic carbocycles. The minimum Gasteiger partial charge on any atom is -0.366 e. The van der Waals surface area contributed by atoms with Gasteiger partial charge in [0.1, 0.15) is 19.5 Å². The van der Waals surface area contributed by atoms with E-state index in [1.165, 1.54) is 0 Å². The van der Waals surface area contributed by atoms with Crippen molar-refractivity contribution in [3.05, 3.63) is 42.4 Å². The molecule has 0 bridgehead atoms. The fourth-order valence-electron chi connectivity index (χ4n) is 2.95. The minimum atomic E-state index is 0.192. The molecular formula is C16H18BN7. The Morgan fingerprint density at radius 3 is 3.04 bits per heavy atom. The van der Waals surface area contributed by atoms with Crippen molar-refractivity contribution in [3.8, 4) is 0 Å². The highest BCUT2D eigenvalue weighted by atomic mass is 15.3. The van der Waals surface area contributed by atoms with Crippen molar-refractivity contribution in [2.45, 2.75) is 19.0 Å². The first-order valence-electron chi connectivity index (χ1n) is 7.98. The fraction of sp³-hybridized carbons (Fsp3) is 0.312. The average Bonchev–Trinajstić information content (AvgIpc) is 3.20. The lowest BCUT2D eigenvalue weighted by atomic mass is 10.0. The molecule has 1 aliphatic heterocycles. The number of hydrogen-bond donors (Lipinski definition) is 2. The predicted molar refractivity (Wildman–Crippen MR) is 94.7 cm³/mol. The second-order valence-corrected chi connectivity index (χ2v) is 6.04. The molecule has 3 aromatic heterocycles. The number of fused-ring (bicyclic) bond motifs is 1. The van der Waals surface area contributed by atoms with Crippen LogP contribution >= 0.6 is 0 Å². The molecule has 1 atom stereocenters. The molecule has 7 nitrogen and oxygen atoms in total. The summed E-state index contributed by atoms with van der Waals surface area (Å²) in [5, 5.41) is 7.72. The van der Waals surface area contributed by atoms with E-state index in [9.17, 15) is 0 Å². The molecule has 0 amide bonds. The fourth-order valence-corrected chi connectivity index (χ4v) is 2.95. The highest BCUT2D eigenvalue weighted by Gasteiger charge is 2.22. The third-order valence-corrected chi connectivity index (χ3v) is 4.23. The number of hydrogen-bond acceptors (Lipinski definition) is 6. The van der Waals surface area contributed by atoms with Gasteiger partial charge in [-0.25, -0.2) is 4.98 Å². The number of nitrogens with one attached hydrogen (secondary N) is 1. The van der Waals surface area contributed by atoms with Gasteiger partial charge in [0.25, 0.3) is 0 Å². The van der Waals surface area contributed by atoms with Crippen LogP contribution in [0.3, 0.4) is 0 Å². The van der Waals surface area contributed by atoms with Gasteiger partial charge in [0.2, 0.25) is 0 Å². The van der Waals surface area contributed by atoms with Crippen molar-refractivity contribution in [3.63, 3.8) is 0 Å². The Morgan fingerprint density at radius 1 is 1.38 bits per heavy atom. The molecule has 2 radical (unpaired) electrons. The minimum absolute atomic E-state index is 0.192. The van der Waals surface area contributed by atoms with Crippen LogP contribution in [0.1, 0.15) is 12.0 Å². The lowest BCUT2D eigenvalue weighted by Gasteiger charge is -2.19. The van der Waals surface area contributed by atoms with Crippen LogP contribution in [-0.4, -0.2) is 46.6 Å². The number of nitrogens with zero attached hydrogens (tertiary/aromatic N) is 5. The maximum atomic E-state index is 6.02. The molecule has 120 valence electrons. The zero-order valence-electron chi connectivity index (χ0n) is 13.3. The van der Waals surface area contributed by atoms with E-state index in [2.05, 4.69) is 25.3 Å². The second-order valence-electron chi connectivity index (χ2n) is 6.04. The van der Waals surface area contributed by atoms with Crippen LogP contribution in [0.5, 0.6) is 0 Å². The topological polar surface area (TPSA) is 84.4 Å². The maximum absolute atomic E-state index is 6.02. The normalized spacial score (nSPS) is 17.5. The van der Waals surface area contributed by atoms with Crippen LogP contribution in [0.4, 0.5) is 11.6 Å². The van der Waals surface area contributed by atoms with E-state index < -0.39 is 0 Å². The Kier molecular flexibility index (Phi) is 3.82. The molecule has 0 saturated carbocycles. The quantitative estimate of drug-likeness (QED) is 0.662. The lowest BCUT2D eigenvalue weighted by molar-refractivity contribution is 0.751. The summed E-state index contributed by atoms with van der Waals surface area (Å²) in [5.41, 5.74) is 8.33. The third-order valence-electron chi connectivity index (χ3n) is 4.23. The largest absolute Gasteiger partial charge is 0.366 e. The van der Waals surface area contributed by atoms with Gasteiger partial charge in [0.15, 0.2) is 5.65 Å². The van der Waals surface area contributed by atoms with Crippen LogP contribution in [0.15, 0.2) is 36.8 Å². The van der Waals surface area contributed by atoms with Crippen LogP contribution in [0, 0.1) is 0 Å². The Balaban J connectivity index is 1.67.